The van der Waals surface area contributed by atoms with E-state index in [1.807, 2.05) is 12.1 Å². The smallest absolute Gasteiger partial charge is 0.231 e. The number of aliphatic hydroxyl groups excluding tert-OH is 1. The van der Waals surface area contributed by atoms with Crippen LogP contribution in [0.2, 0.25) is 0 Å². The molecule has 2 rings (SSSR count). The molecule has 106 valence electrons. The van der Waals surface area contributed by atoms with E-state index < -0.39 is 6.10 Å². The van der Waals surface area contributed by atoms with Gasteiger partial charge in [-0.2, -0.15) is 0 Å². The summed E-state index contributed by atoms with van der Waals surface area (Å²) in [5, 5.41) is 12.7. The van der Waals surface area contributed by atoms with Crippen molar-refractivity contribution in [2.75, 3.05) is 13.4 Å². The third kappa shape index (κ3) is 3.75. The van der Waals surface area contributed by atoms with Gasteiger partial charge in [-0.3, -0.25) is 0 Å². The van der Waals surface area contributed by atoms with E-state index in [9.17, 15) is 5.11 Å². The quantitative estimate of drug-likeness (QED) is 0.821. The normalized spacial score (nSPS) is 14.8. The summed E-state index contributed by atoms with van der Waals surface area (Å²) in [6, 6.07) is 4.13. The van der Waals surface area contributed by atoms with Gasteiger partial charge in [-0.25, -0.2) is 0 Å². The fourth-order valence-electron chi connectivity index (χ4n) is 1.76. The van der Waals surface area contributed by atoms with Gasteiger partial charge >= 0.3 is 0 Å². The van der Waals surface area contributed by atoms with Crippen LogP contribution in [0.15, 0.2) is 12.1 Å². The zero-order valence-corrected chi connectivity index (χ0v) is 11.6. The number of nitrogens with one attached hydrogen (secondary N) is 1. The van der Waals surface area contributed by atoms with Crippen molar-refractivity contribution in [3.8, 4) is 17.2 Å². The van der Waals surface area contributed by atoms with Crippen molar-refractivity contribution in [2.24, 2.45) is 0 Å². The van der Waals surface area contributed by atoms with Crippen LogP contribution < -0.4 is 19.5 Å². The topological polar surface area (TPSA) is 60.0 Å². The van der Waals surface area contributed by atoms with E-state index in [0.29, 0.717) is 18.3 Å². The number of hydrogen-bond donors (Lipinski definition) is 2. The average molecular weight is 267 g/mol. The molecule has 0 saturated carbocycles. The molecule has 0 bridgehead atoms. The summed E-state index contributed by atoms with van der Waals surface area (Å²) in [4.78, 5) is 0. The maximum atomic E-state index is 9.32. The molecule has 1 aromatic rings. The summed E-state index contributed by atoms with van der Waals surface area (Å²) in [6.07, 6.45) is -0.503. The highest BCUT2D eigenvalue weighted by atomic mass is 16.7. The van der Waals surface area contributed by atoms with E-state index in [1.165, 1.54) is 0 Å². The predicted molar refractivity (Wildman–Crippen MR) is 71.7 cm³/mol. The number of hydrogen-bond acceptors (Lipinski definition) is 5. The lowest BCUT2D eigenvalue weighted by molar-refractivity contribution is 0.122. The standard InChI is InChI=1S/C14H21NO4/c1-9(2)15-6-11-4-13-14(19-8-18-13)5-12(11)17-7-10(3)16/h4-5,9-10,15-16H,6-8H2,1-3H3. The molecule has 0 fully saturated rings. The number of rotatable bonds is 6. The molecule has 2 N–H and O–H groups in total. The number of aliphatic hydroxyl groups is 1. The molecule has 1 aliphatic heterocycles. The van der Waals surface area contributed by atoms with E-state index >= 15 is 0 Å². The first-order valence-corrected chi connectivity index (χ1v) is 6.53. The number of ether oxygens (including phenoxy) is 3. The first kappa shape index (κ1) is 14.0. The fraction of sp³-hybridized carbons (Fsp3) is 0.571. The van der Waals surface area contributed by atoms with E-state index in [2.05, 4.69) is 19.2 Å². The minimum absolute atomic E-state index is 0.242. The molecule has 19 heavy (non-hydrogen) atoms. The van der Waals surface area contributed by atoms with E-state index in [4.69, 9.17) is 14.2 Å². The average Bonchev–Trinajstić information content (AvgIpc) is 2.79. The summed E-state index contributed by atoms with van der Waals surface area (Å²) >= 11 is 0. The Morgan fingerprint density at radius 1 is 1.26 bits per heavy atom. The summed E-state index contributed by atoms with van der Waals surface area (Å²) in [5.41, 5.74) is 0.999. The van der Waals surface area contributed by atoms with Gasteiger partial charge in [-0.05, 0) is 13.0 Å². The van der Waals surface area contributed by atoms with Gasteiger partial charge in [-0.1, -0.05) is 13.8 Å². The highest BCUT2D eigenvalue weighted by molar-refractivity contribution is 5.51. The lowest BCUT2D eigenvalue weighted by Gasteiger charge is -2.15. The van der Waals surface area contributed by atoms with Crippen molar-refractivity contribution < 1.29 is 19.3 Å². The Labute approximate surface area is 113 Å². The van der Waals surface area contributed by atoms with Crippen LogP contribution >= 0.6 is 0 Å². The van der Waals surface area contributed by atoms with Gasteiger partial charge in [0.25, 0.3) is 0 Å². The van der Waals surface area contributed by atoms with Gasteiger partial charge in [0.05, 0.1) is 6.10 Å². The largest absolute Gasteiger partial charge is 0.490 e. The van der Waals surface area contributed by atoms with Crippen LogP contribution in [-0.4, -0.2) is 30.7 Å². The van der Waals surface area contributed by atoms with Crippen molar-refractivity contribution in [1.29, 1.82) is 0 Å². The molecular weight excluding hydrogens is 246 g/mol. The van der Waals surface area contributed by atoms with Crippen LogP contribution in [0.5, 0.6) is 17.2 Å². The highest BCUT2D eigenvalue weighted by Gasteiger charge is 2.18. The van der Waals surface area contributed by atoms with Gasteiger partial charge in [0.1, 0.15) is 12.4 Å². The molecule has 1 unspecified atom stereocenters. The van der Waals surface area contributed by atoms with Crippen molar-refractivity contribution in [2.45, 2.75) is 39.5 Å². The second-order valence-electron chi connectivity index (χ2n) is 5.01. The summed E-state index contributed by atoms with van der Waals surface area (Å²) in [5.74, 6) is 2.15. The van der Waals surface area contributed by atoms with Gasteiger partial charge < -0.3 is 24.6 Å². The van der Waals surface area contributed by atoms with Crippen molar-refractivity contribution in [3.05, 3.63) is 17.7 Å². The molecule has 0 spiro atoms. The minimum Gasteiger partial charge on any atom is -0.490 e. The predicted octanol–water partition coefficient (Wildman–Crippen LogP) is 1.67. The van der Waals surface area contributed by atoms with Gasteiger partial charge in [0.15, 0.2) is 11.5 Å². The number of fused-ring (bicyclic) bond motifs is 1. The van der Waals surface area contributed by atoms with Crippen LogP contribution in [0.3, 0.4) is 0 Å². The lowest BCUT2D eigenvalue weighted by atomic mass is 10.1. The van der Waals surface area contributed by atoms with Crippen molar-refractivity contribution in [3.63, 3.8) is 0 Å². The van der Waals surface area contributed by atoms with Gasteiger partial charge in [0.2, 0.25) is 6.79 Å². The Morgan fingerprint density at radius 2 is 1.95 bits per heavy atom. The summed E-state index contributed by atoms with van der Waals surface area (Å²) < 4.78 is 16.3. The summed E-state index contributed by atoms with van der Waals surface area (Å²) in [6.45, 7) is 7.05. The highest BCUT2D eigenvalue weighted by Crippen LogP contribution is 2.38. The van der Waals surface area contributed by atoms with Crippen molar-refractivity contribution in [1.82, 2.24) is 5.32 Å². The summed E-state index contributed by atoms with van der Waals surface area (Å²) in [7, 11) is 0. The molecule has 0 saturated heterocycles. The zero-order valence-electron chi connectivity index (χ0n) is 11.6. The Hall–Kier alpha value is -1.46. The Bertz CT molecular complexity index is 393. The molecule has 1 aromatic carbocycles. The van der Waals surface area contributed by atoms with E-state index in [-0.39, 0.29) is 13.4 Å². The molecule has 5 heteroatoms. The maximum absolute atomic E-state index is 9.32. The SMILES string of the molecule is CC(O)COc1cc2c(cc1CNC(C)C)OCO2. The lowest BCUT2D eigenvalue weighted by Crippen LogP contribution is -2.22. The van der Waals surface area contributed by atoms with E-state index in [0.717, 1.165) is 17.1 Å². The van der Waals surface area contributed by atoms with Crippen LogP contribution in [0, 0.1) is 0 Å². The van der Waals surface area contributed by atoms with Gasteiger partial charge in [0, 0.05) is 24.2 Å². The molecule has 1 heterocycles. The monoisotopic (exact) mass is 267 g/mol. The molecule has 0 aromatic heterocycles. The van der Waals surface area contributed by atoms with Crippen LogP contribution in [-0.2, 0) is 6.54 Å². The fourth-order valence-corrected chi connectivity index (χ4v) is 1.76. The molecule has 0 aliphatic carbocycles. The van der Waals surface area contributed by atoms with Crippen LogP contribution in [0.25, 0.3) is 0 Å². The molecular formula is C14H21NO4. The second-order valence-corrected chi connectivity index (χ2v) is 5.01. The minimum atomic E-state index is -0.503. The first-order chi connectivity index (χ1) is 9.06. The molecule has 1 atom stereocenters. The third-order valence-corrected chi connectivity index (χ3v) is 2.74. The molecule has 0 radical (unpaired) electrons. The van der Waals surface area contributed by atoms with E-state index in [1.54, 1.807) is 6.92 Å². The zero-order chi connectivity index (χ0) is 13.8. The number of benzene rings is 1. The Balaban J connectivity index is 2.16. The van der Waals surface area contributed by atoms with Gasteiger partial charge in [-0.15, -0.1) is 0 Å². The molecule has 0 amide bonds. The third-order valence-electron chi connectivity index (χ3n) is 2.74. The molecule has 1 aliphatic rings. The van der Waals surface area contributed by atoms with Crippen LogP contribution in [0.1, 0.15) is 26.3 Å². The molecule has 5 nitrogen and oxygen atoms in total. The Morgan fingerprint density at radius 3 is 2.58 bits per heavy atom. The van der Waals surface area contributed by atoms with Crippen molar-refractivity contribution >= 4 is 0 Å². The Kier molecular flexibility index (Phi) is 4.50. The van der Waals surface area contributed by atoms with Crippen LogP contribution in [0.4, 0.5) is 0 Å². The first-order valence-electron chi connectivity index (χ1n) is 6.53. The maximum Gasteiger partial charge on any atom is 0.231 e. The second kappa shape index (κ2) is 6.12.